The number of aromatic nitrogens is 2. The first-order valence-electron chi connectivity index (χ1n) is 6.81. The first-order chi connectivity index (χ1) is 9.81. The predicted octanol–water partition coefficient (Wildman–Crippen LogP) is 4.23. The van der Waals surface area contributed by atoms with Gasteiger partial charge in [0.05, 0.1) is 11.9 Å². The topological polar surface area (TPSA) is 29.0 Å². The van der Waals surface area contributed by atoms with Gasteiger partial charge in [-0.3, -0.25) is 0 Å². The molecule has 0 atom stereocenters. The van der Waals surface area contributed by atoms with Crippen molar-refractivity contribution in [2.75, 3.05) is 4.90 Å². The van der Waals surface area contributed by atoms with E-state index >= 15 is 0 Å². The molecule has 0 aromatic carbocycles. The van der Waals surface area contributed by atoms with E-state index in [0.29, 0.717) is 6.04 Å². The van der Waals surface area contributed by atoms with Crippen molar-refractivity contribution in [2.45, 2.75) is 32.4 Å². The Morgan fingerprint density at radius 1 is 1.35 bits per heavy atom. The molecule has 0 bridgehead atoms. The number of nitrogens with zero attached hydrogens (tertiary/aromatic N) is 3. The monoisotopic (exact) mass is 301 g/mol. The van der Waals surface area contributed by atoms with Crippen molar-refractivity contribution in [2.24, 2.45) is 0 Å². The van der Waals surface area contributed by atoms with Gasteiger partial charge in [0.2, 0.25) is 0 Å². The van der Waals surface area contributed by atoms with Gasteiger partial charge < -0.3 is 4.90 Å². The maximum atomic E-state index is 4.59. The van der Waals surface area contributed by atoms with Crippen LogP contribution in [0, 0.1) is 6.92 Å². The van der Waals surface area contributed by atoms with Gasteiger partial charge in [-0.05, 0) is 37.3 Å². The normalized spacial score (nSPS) is 14.8. The van der Waals surface area contributed by atoms with E-state index in [1.54, 1.807) is 17.7 Å². The molecule has 0 radical (unpaired) electrons. The Hall–Kier alpha value is -1.46. The minimum atomic E-state index is 0.649. The molecule has 4 rings (SSSR count). The summed E-state index contributed by atoms with van der Waals surface area (Å²) in [6.07, 6.45) is 4.26. The van der Waals surface area contributed by atoms with Crippen LogP contribution in [-0.4, -0.2) is 16.0 Å². The van der Waals surface area contributed by atoms with Gasteiger partial charge in [0.1, 0.15) is 17.0 Å². The van der Waals surface area contributed by atoms with E-state index in [-0.39, 0.29) is 0 Å². The average Bonchev–Trinajstić information content (AvgIpc) is 3.00. The van der Waals surface area contributed by atoms with Crippen LogP contribution < -0.4 is 4.90 Å². The molecule has 3 nitrogen and oxygen atoms in total. The quantitative estimate of drug-likeness (QED) is 0.722. The van der Waals surface area contributed by atoms with E-state index in [9.17, 15) is 0 Å². The Morgan fingerprint density at radius 2 is 2.25 bits per heavy atom. The average molecular weight is 301 g/mol. The third-order valence-electron chi connectivity index (χ3n) is 3.60. The SMILES string of the molecule is Cc1cc2c(N(Cc3cccs3)C3CC3)ncnc2s1. The molecule has 1 aliphatic rings. The van der Waals surface area contributed by atoms with Gasteiger partial charge in [0.15, 0.2) is 0 Å². The zero-order valence-electron chi connectivity index (χ0n) is 11.2. The zero-order chi connectivity index (χ0) is 13.5. The molecule has 5 heteroatoms. The van der Waals surface area contributed by atoms with Crippen LogP contribution in [0.15, 0.2) is 29.9 Å². The van der Waals surface area contributed by atoms with Crippen LogP contribution in [-0.2, 0) is 6.54 Å². The van der Waals surface area contributed by atoms with E-state index in [1.807, 2.05) is 11.3 Å². The maximum absolute atomic E-state index is 4.59. The molecule has 0 spiro atoms. The second kappa shape index (κ2) is 4.82. The fourth-order valence-electron chi connectivity index (χ4n) is 2.53. The highest BCUT2D eigenvalue weighted by molar-refractivity contribution is 7.18. The lowest BCUT2D eigenvalue weighted by Crippen LogP contribution is -2.25. The summed E-state index contributed by atoms with van der Waals surface area (Å²) in [5.41, 5.74) is 0. The highest BCUT2D eigenvalue weighted by Gasteiger charge is 2.31. The number of aryl methyl sites for hydroxylation is 1. The Bertz CT molecular complexity index is 729. The van der Waals surface area contributed by atoms with Crippen LogP contribution in [0.2, 0.25) is 0 Å². The third-order valence-corrected chi connectivity index (χ3v) is 5.42. The lowest BCUT2D eigenvalue weighted by atomic mass is 10.3. The van der Waals surface area contributed by atoms with Gasteiger partial charge in [-0.2, -0.15) is 0 Å². The molecule has 1 fully saturated rings. The lowest BCUT2D eigenvalue weighted by molar-refractivity contribution is 0.789. The Morgan fingerprint density at radius 3 is 3.00 bits per heavy atom. The van der Waals surface area contributed by atoms with E-state index in [0.717, 1.165) is 17.2 Å². The molecule has 0 N–H and O–H groups in total. The van der Waals surface area contributed by atoms with Crippen LogP contribution in [0.5, 0.6) is 0 Å². The minimum Gasteiger partial charge on any atom is -0.348 e. The van der Waals surface area contributed by atoms with E-state index in [1.165, 1.54) is 28.0 Å². The molecule has 0 unspecified atom stereocenters. The standard InChI is InChI=1S/C15H15N3S2/c1-10-7-13-14(16-9-17-15(13)20-10)18(11-4-5-11)8-12-3-2-6-19-12/h2-3,6-7,9,11H,4-5,8H2,1H3. The van der Waals surface area contributed by atoms with Crippen molar-refractivity contribution in [3.63, 3.8) is 0 Å². The van der Waals surface area contributed by atoms with Gasteiger partial charge >= 0.3 is 0 Å². The van der Waals surface area contributed by atoms with Crippen LogP contribution in [0.25, 0.3) is 10.2 Å². The van der Waals surface area contributed by atoms with Gasteiger partial charge in [0.25, 0.3) is 0 Å². The first kappa shape index (κ1) is 12.3. The second-order valence-electron chi connectivity index (χ2n) is 5.21. The molecule has 3 aromatic rings. The molecule has 3 aromatic heterocycles. The summed E-state index contributed by atoms with van der Waals surface area (Å²) in [6, 6.07) is 7.20. The molecular weight excluding hydrogens is 286 g/mol. The van der Waals surface area contributed by atoms with Crippen molar-refractivity contribution in [3.05, 3.63) is 39.7 Å². The van der Waals surface area contributed by atoms with E-state index in [2.05, 4.69) is 45.4 Å². The summed E-state index contributed by atoms with van der Waals surface area (Å²) in [7, 11) is 0. The van der Waals surface area contributed by atoms with Crippen LogP contribution in [0.1, 0.15) is 22.6 Å². The van der Waals surface area contributed by atoms with E-state index in [4.69, 9.17) is 0 Å². The molecule has 1 saturated carbocycles. The number of rotatable bonds is 4. The highest BCUT2D eigenvalue weighted by atomic mass is 32.1. The summed E-state index contributed by atoms with van der Waals surface area (Å²) in [6.45, 7) is 3.10. The fourth-order valence-corrected chi connectivity index (χ4v) is 4.07. The third kappa shape index (κ3) is 2.21. The number of hydrogen-bond donors (Lipinski definition) is 0. The summed E-state index contributed by atoms with van der Waals surface area (Å²) in [5, 5.41) is 3.35. The summed E-state index contributed by atoms with van der Waals surface area (Å²) in [5.74, 6) is 1.11. The molecule has 20 heavy (non-hydrogen) atoms. The van der Waals surface area contributed by atoms with E-state index < -0.39 is 0 Å². The molecule has 3 heterocycles. The smallest absolute Gasteiger partial charge is 0.141 e. The molecule has 0 amide bonds. The molecular formula is C15H15N3S2. The Kier molecular flexibility index (Phi) is 2.97. The molecule has 102 valence electrons. The highest BCUT2D eigenvalue weighted by Crippen LogP contribution is 2.37. The van der Waals surface area contributed by atoms with Crippen molar-refractivity contribution in [3.8, 4) is 0 Å². The lowest BCUT2D eigenvalue weighted by Gasteiger charge is -2.23. The first-order valence-corrected chi connectivity index (χ1v) is 8.51. The van der Waals surface area contributed by atoms with Crippen molar-refractivity contribution < 1.29 is 0 Å². The second-order valence-corrected chi connectivity index (χ2v) is 7.48. The maximum Gasteiger partial charge on any atom is 0.141 e. The van der Waals surface area contributed by atoms with Crippen LogP contribution in [0.3, 0.4) is 0 Å². The number of thiophene rings is 2. The van der Waals surface area contributed by atoms with Gasteiger partial charge in [-0.25, -0.2) is 9.97 Å². The number of anilines is 1. The van der Waals surface area contributed by atoms with Crippen LogP contribution >= 0.6 is 22.7 Å². The van der Waals surface area contributed by atoms with Crippen molar-refractivity contribution >= 4 is 38.7 Å². The predicted molar refractivity (Wildman–Crippen MR) is 85.7 cm³/mol. The summed E-state index contributed by atoms with van der Waals surface area (Å²) in [4.78, 5) is 15.3. The molecule has 0 aliphatic heterocycles. The molecule has 1 aliphatic carbocycles. The van der Waals surface area contributed by atoms with Gasteiger partial charge in [0, 0.05) is 15.8 Å². The minimum absolute atomic E-state index is 0.649. The summed E-state index contributed by atoms with van der Waals surface area (Å²) >= 11 is 3.57. The Labute approximate surface area is 125 Å². The molecule has 0 saturated heterocycles. The zero-order valence-corrected chi connectivity index (χ0v) is 12.9. The van der Waals surface area contributed by atoms with Gasteiger partial charge in [-0.1, -0.05) is 6.07 Å². The summed E-state index contributed by atoms with van der Waals surface area (Å²) < 4.78 is 0. The Balaban J connectivity index is 1.77. The van der Waals surface area contributed by atoms with Crippen molar-refractivity contribution in [1.82, 2.24) is 9.97 Å². The number of hydrogen-bond acceptors (Lipinski definition) is 5. The number of fused-ring (bicyclic) bond motifs is 1. The van der Waals surface area contributed by atoms with Gasteiger partial charge in [-0.15, -0.1) is 22.7 Å². The largest absolute Gasteiger partial charge is 0.348 e. The van der Waals surface area contributed by atoms with Crippen LogP contribution in [0.4, 0.5) is 5.82 Å². The van der Waals surface area contributed by atoms with Crippen molar-refractivity contribution in [1.29, 1.82) is 0 Å². The fraction of sp³-hybridized carbons (Fsp3) is 0.333.